The Balaban J connectivity index is 0. The Morgan fingerprint density at radius 1 is 0.909 bits per heavy atom. The Morgan fingerprint density at radius 3 is 1.82 bits per heavy atom. The molecule has 0 spiro atoms. The van der Waals surface area contributed by atoms with Crippen LogP contribution in [-0.4, -0.2) is 32.1 Å². The third-order valence-electron chi connectivity index (χ3n) is 1.84. The molecule has 0 bridgehead atoms. The van der Waals surface area contributed by atoms with E-state index >= 15 is 0 Å². The normalized spacial score (nSPS) is 8.14. The summed E-state index contributed by atoms with van der Waals surface area (Å²) in [6, 6.07) is 9.84. The summed E-state index contributed by atoms with van der Waals surface area (Å²) < 4.78 is 0. The Hall–Kier alpha value is -2.10. The molecule has 2 aromatic heterocycles. The van der Waals surface area contributed by atoms with Crippen LogP contribution >= 0.6 is 0 Å². The fraction of sp³-hybridized carbons (Fsp3) is 0.200. The van der Waals surface area contributed by atoms with Gasteiger partial charge >= 0.3 is 0 Å². The van der Waals surface area contributed by atoms with Gasteiger partial charge in [0.05, 0.1) is 11.4 Å². The molecule has 2 heterocycles. The maximum absolute atomic E-state index is 9.00. The van der Waals surface area contributed by atoms with Crippen molar-refractivity contribution >= 4 is 11.9 Å². The average molecular weight is 397 g/mol. The van der Waals surface area contributed by atoms with Crippen LogP contribution in [0.15, 0.2) is 42.7 Å². The van der Waals surface area contributed by atoms with E-state index in [1.165, 1.54) is 5.56 Å². The second kappa shape index (κ2) is 12.6. The van der Waals surface area contributed by atoms with Crippen LogP contribution in [0.4, 0.5) is 0 Å². The van der Waals surface area contributed by atoms with Crippen LogP contribution in [0.5, 0.6) is 0 Å². The van der Waals surface area contributed by atoms with Crippen molar-refractivity contribution in [2.45, 2.75) is 20.8 Å². The van der Waals surface area contributed by atoms with E-state index in [1.807, 2.05) is 37.3 Å². The van der Waals surface area contributed by atoms with Crippen LogP contribution in [0.2, 0.25) is 0 Å². The average Bonchev–Trinajstić information content (AvgIpc) is 2.38. The van der Waals surface area contributed by atoms with Gasteiger partial charge in [0.1, 0.15) is 0 Å². The third-order valence-corrected chi connectivity index (χ3v) is 1.84. The molecule has 22 heavy (non-hydrogen) atoms. The summed E-state index contributed by atoms with van der Waals surface area (Å²) in [5.41, 5.74) is 3.06. The molecule has 0 saturated heterocycles. The SMILES string of the molecule is CC(=O)O.CC(=O)O.Cc1ccnc(-c2ccccn2)c1.[Pd]. The molecule has 7 heteroatoms. The molecule has 0 saturated carbocycles. The Bertz CT molecular complexity index is 557. The first kappa shape index (κ1) is 22.2. The number of aliphatic carboxylic acids is 2. The summed E-state index contributed by atoms with van der Waals surface area (Å²) in [5, 5.41) is 14.8. The van der Waals surface area contributed by atoms with E-state index in [-0.39, 0.29) is 20.4 Å². The molecule has 0 aliphatic rings. The number of carboxylic acid groups (broad SMARTS) is 2. The number of hydrogen-bond donors (Lipinski definition) is 2. The molecule has 0 aliphatic heterocycles. The molecule has 122 valence electrons. The molecule has 0 aromatic carbocycles. The smallest absolute Gasteiger partial charge is 0.300 e. The second-order valence-electron chi connectivity index (χ2n) is 3.97. The van der Waals surface area contributed by atoms with Gasteiger partial charge in [0.2, 0.25) is 0 Å². The first-order valence-electron chi connectivity index (χ1n) is 6.06. The van der Waals surface area contributed by atoms with Crippen LogP contribution in [0, 0.1) is 6.92 Å². The minimum atomic E-state index is -0.833. The molecular weight excluding hydrogens is 379 g/mol. The van der Waals surface area contributed by atoms with Gasteiger partial charge in [-0.25, -0.2) is 0 Å². The van der Waals surface area contributed by atoms with Crippen molar-refractivity contribution in [2.75, 3.05) is 0 Å². The number of hydrogen-bond acceptors (Lipinski definition) is 4. The van der Waals surface area contributed by atoms with Gasteiger partial charge in [-0.2, -0.15) is 0 Å². The summed E-state index contributed by atoms with van der Waals surface area (Å²) in [4.78, 5) is 26.5. The van der Waals surface area contributed by atoms with Crippen LogP contribution in [0.3, 0.4) is 0 Å². The molecule has 0 unspecified atom stereocenters. The molecule has 6 nitrogen and oxygen atoms in total. The van der Waals surface area contributed by atoms with Gasteiger partial charge in [-0.3, -0.25) is 19.6 Å². The molecule has 0 fully saturated rings. The molecular formula is C15H18N2O4Pd. The van der Waals surface area contributed by atoms with Crippen molar-refractivity contribution in [3.05, 3.63) is 48.3 Å². The van der Waals surface area contributed by atoms with Crippen LogP contribution < -0.4 is 0 Å². The summed E-state index contributed by atoms with van der Waals surface area (Å²) in [7, 11) is 0. The van der Waals surface area contributed by atoms with Crippen LogP contribution in [-0.2, 0) is 30.0 Å². The quantitative estimate of drug-likeness (QED) is 0.719. The van der Waals surface area contributed by atoms with Crippen molar-refractivity contribution in [3.63, 3.8) is 0 Å². The molecule has 2 rings (SSSR count). The summed E-state index contributed by atoms with van der Waals surface area (Å²) in [5.74, 6) is -1.67. The molecule has 0 amide bonds. The van der Waals surface area contributed by atoms with Gasteiger partial charge in [0.15, 0.2) is 0 Å². The number of aromatic nitrogens is 2. The van der Waals surface area contributed by atoms with Crippen LogP contribution in [0.1, 0.15) is 19.4 Å². The third kappa shape index (κ3) is 12.9. The number of carboxylic acids is 2. The minimum absolute atomic E-state index is 0. The monoisotopic (exact) mass is 396 g/mol. The van der Waals surface area contributed by atoms with Gasteiger partial charge in [-0.05, 0) is 36.8 Å². The number of pyridine rings is 2. The zero-order chi connectivity index (χ0) is 16.3. The maximum Gasteiger partial charge on any atom is 0.300 e. The Labute approximate surface area is 142 Å². The first-order chi connectivity index (χ1) is 9.82. The predicted octanol–water partition coefficient (Wildman–Crippen LogP) is 2.63. The van der Waals surface area contributed by atoms with E-state index in [9.17, 15) is 0 Å². The summed E-state index contributed by atoms with van der Waals surface area (Å²) in [6.07, 6.45) is 3.58. The van der Waals surface area contributed by atoms with Crippen molar-refractivity contribution < 1.29 is 40.2 Å². The van der Waals surface area contributed by atoms with Crippen molar-refractivity contribution in [1.29, 1.82) is 0 Å². The molecule has 2 aromatic rings. The van der Waals surface area contributed by atoms with E-state index in [0.717, 1.165) is 25.2 Å². The number of aryl methyl sites for hydroxylation is 1. The van der Waals surface area contributed by atoms with Gasteiger partial charge in [-0.1, -0.05) is 6.07 Å². The predicted molar refractivity (Wildman–Crippen MR) is 78.8 cm³/mol. The van der Waals surface area contributed by atoms with Crippen molar-refractivity contribution in [3.8, 4) is 11.4 Å². The van der Waals surface area contributed by atoms with E-state index < -0.39 is 11.9 Å². The largest absolute Gasteiger partial charge is 0.481 e. The van der Waals surface area contributed by atoms with E-state index in [0.29, 0.717) is 0 Å². The number of carbonyl (C=O) groups is 2. The zero-order valence-electron chi connectivity index (χ0n) is 12.5. The topological polar surface area (TPSA) is 100 Å². The molecule has 0 radical (unpaired) electrons. The number of rotatable bonds is 1. The minimum Gasteiger partial charge on any atom is -0.481 e. The Morgan fingerprint density at radius 2 is 1.41 bits per heavy atom. The fourth-order valence-electron chi connectivity index (χ4n) is 1.19. The van der Waals surface area contributed by atoms with Gasteiger partial charge in [0.25, 0.3) is 11.9 Å². The van der Waals surface area contributed by atoms with Crippen molar-refractivity contribution in [1.82, 2.24) is 9.97 Å². The molecule has 2 N–H and O–H groups in total. The number of nitrogens with zero attached hydrogens (tertiary/aromatic N) is 2. The fourth-order valence-corrected chi connectivity index (χ4v) is 1.19. The van der Waals surface area contributed by atoms with E-state index in [1.54, 1.807) is 12.4 Å². The van der Waals surface area contributed by atoms with Gasteiger partial charge in [-0.15, -0.1) is 0 Å². The summed E-state index contributed by atoms with van der Waals surface area (Å²) in [6.45, 7) is 4.22. The van der Waals surface area contributed by atoms with Crippen LogP contribution in [0.25, 0.3) is 11.4 Å². The first-order valence-corrected chi connectivity index (χ1v) is 6.06. The van der Waals surface area contributed by atoms with Gasteiger partial charge < -0.3 is 10.2 Å². The van der Waals surface area contributed by atoms with Gasteiger partial charge in [0, 0.05) is 46.7 Å². The molecule has 0 atom stereocenters. The second-order valence-corrected chi connectivity index (χ2v) is 3.97. The summed E-state index contributed by atoms with van der Waals surface area (Å²) >= 11 is 0. The zero-order valence-corrected chi connectivity index (χ0v) is 14.0. The maximum atomic E-state index is 9.00. The Kier molecular flexibility index (Phi) is 12.7. The van der Waals surface area contributed by atoms with E-state index in [4.69, 9.17) is 19.8 Å². The van der Waals surface area contributed by atoms with Crippen molar-refractivity contribution in [2.24, 2.45) is 0 Å². The van der Waals surface area contributed by atoms with E-state index in [2.05, 4.69) is 9.97 Å². The molecule has 0 aliphatic carbocycles. The standard InChI is InChI=1S/C11H10N2.2C2H4O2.Pd/c1-9-5-7-13-11(8-9)10-4-2-3-6-12-10;2*1-2(3)4;/h2-8H,1H3;2*1H3,(H,3,4);.